The molecular formula is C21H27N5O2S. The van der Waals surface area contributed by atoms with Crippen LogP contribution in [0.1, 0.15) is 46.5 Å². The van der Waals surface area contributed by atoms with Gasteiger partial charge in [0.15, 0.2) is 5.16 Å². The summed E-state index contributed by atoms with van der Waals surface area (Å²) in [5.41, 5.74) is 0.727. The molecule has 8 heteroatoms. The van der Waals surface area contributed by atoms with E-state index in [0.717, 1.165) is 24.8 Å². The predicted molar refractivity (Wildman–Crippen MR) is 115 cm³/mol. The molecule has 0 unspecified atom stereocenters. The highest BCUT2D eigenvalue weighted by atomic mass is 32.2. The van der Waals surface area contributed by atoms with Crippen molar-refractivity contribution >= 4 is 34.3 Å². The largest absolute Gasteiger partial charge is 0.337 e. The molecule has 3 heterocycles. The van der Waals surface area contributed by atoms with Gasteiger partial charge in [0, 0.05) is 18.6 Å². The lowest BCUT2D eigenvalue weighted by atomic mass is 9.98. The SMILES string of the molecule is CCCn1c(=O)c2ccccc2n2c(SCC(=O)N3[C@H](C)CCC[C@@H]3C)nnc12. The molecule has 29 heavy (non-hydrogen) atoms. The van der Waals surface area contributed by atoms with Crippen molar-refractivity contribution in [2.45, 2.75) is 70.2 Å². The van der Waals surface area contributed by atoms with Crippen LogP contribution in [0.2, 0.25) is 0 Å². The topological polar surface area (TPSA) is 72.5 Å². The Morgan fingerprint density at radius 1 is 1.17 bits per heavy atom. The second kappa shape index (κ2) is 8.18. The van der Waals surface area contributed by atoms with Crippen LogP contribution in [0.3, 0.4) is 0 Å². The summed E-state index contributed by atoms with van der Waals surface area (Å²) in [6, 6.07) is 8.06. The van der Waals surface area contributed by atoms with Crippen molar-refractivity contribution in [2.75, 3.05) is 5.75 Å². The highest BCUT2D eigenvalue weighted by Gasteiger charge is 2.29. The number of thioether (sulfide) groups is 1. The number of hydrogen-bond acceptors (Lipinski definition) is 5. The Labute approximate surface area is 174 Å². The number of carbonyl (C=O) groups excluding carboxylic acids is 1. The van der Waals surface area contributed by atoms with Crippen molar-refractivity contribution in [1.82, 2.24) is 24.1 Å². The van der Waals surface area contributed by atoms with Gasteiger partial charge in [0.2, 0.25) is 11.7 Å². The summed E-state index contributed by atoms with van der Waals surface area (Å²) >= 11 is 1.39. The summed E-state index contributed by atoms with van der Waals surface area (Å²) < 4.78 is 3.59. The van der Waals surface area contributed by atoms with E-state index in [1.807, 2.05) is 40.5 Å². The molecule has 7 nitrogen and oxygen atoms in total. The first-order valence-electron chi connectivity index (χ1n) is 10.3. The second-order valence-corrected chi connectivity index (χ2v) is 8.75. The highest BCUT2D eigenvalue weighted by molar-refractivity contribution is 7.99. The van der Waals surface area contributed by atoms with Crippen LogP contribution in [-0.2, 0) is 11.3 Å². The van der Waals surface area contributed by atoms with Crippen LogP contribution in [0.25, 0.3) is 16.7 Å². The zero-order chi connectivity index (χ0) is 20.5. The molecule has 154 valence electrons. The Balaban J connectivity index is 1.70. The van der Waals surface area contributed by atoms with Gasteiger partial charge in [-0.15, -0.1) is 10.2 Å². The summed E-state index contributed by atoms with van der Waals surface area (Å²) in [5, 5.41) is 9.91. The molecule has 0 saturated carbocycles. The van der Waals surface area contributed by atoms with Gasteiger partial charge in [0.1, 0.15) is 0 Å². The molecule has 1 aliphatic heterocycles. The first kappa shape index (κ1) is 19.9. The molecule has 0 radical (unpaired) electrons. The molecule has 0 N–H and O–H groups in total. The average Bonchev–Trinajstić information content (AvgIpc) is 3.13. The number of fused-ring (bicyclic) bond motifs is 3. The van der Waals surface area contributed by atoms with Crippen molar-refractivity contribution in [3.63, 3.8) is 0 Å². The van der Waals surface area contributed by atoms with E-state index in [0.29, 0.717) is 28.6 Å². The van der Waals surface area contributed by atoms with Gasteiger partial charge >= 0.3 is 0 Å². The predicted octanol–water partition coefficient (Wildman–Crippen LogP) is 3.34. The number of piperidine rings is 1. The highest BCUT2D eigenvalue weighted by Crippen LogP contribution is 2.26. The maximum absolute atomic E-state index is 12.9. The van der Waals surface area contributed by atoms with Gasteiger partial charge in [0.05, 0.1) is 16.7 Å². The third-order valence-corrected chi connectivity index (χ3v) is 6.65. The lowest BCUT2D eigenvalue weighted by Gasteiger charge is -2.39. The quantitative estimate of drug-likeness (QED) is 0.600. The second-order valence-electron chi connectivity index (χ2n) is 7.81. The number of aromatic nitrogens is 4. The van der Waals surface area contributed by atoms with Crippen LogP contribution in [0.5, 0.6) is 0 Å². The van der Waals surface area contributed by atoms with Gasteiger partial charge in [-0.1, -0.05) is 30.8 Å². The van der Waals surface area contributed by atoms with Crippen LogP contribution in [0.4, 0.5) is 0 Å². The van der Waals surface area contributed by atoms with Crippen molar-refractivity contribution in [1.29, 1.82) is 0 Å². The fourth-order valence-corrected chi connectivity index (χ4v) is 5.18. The molecule has 3 aromatic rings. The number of rotatable bonds is 5. The van der Waals surface area contributed by atoms with Gasteiger partial charge in [-0.3, -0.25) is 18.6 Å². The van der Waals surface area contributed by atoms with Crippen LogP contribution in [0, 0.1) is 0 Å². The number of para-hydroxylation sites is 1. The Morgan fingerprint density at radius 3 is 2.62 bits per heavy atom. The van der Waals surface area contributed by atoms with Crippen LogP contribution >= 0.6 is 11.8 Å². The van der Waals surface area contributed by atoms with Gasteiger partial charge in [-0.25, -0.2) is 0 Å². The summed E-state index contributed by atoms with van der Waals surface area (Å²) in [5.74, 6) is 0.985. The Hall–Kier alpha value is -2.35. The molecule has 0 aliphatic carbocycles. The smallest absolute Gasteiger partial charge is 0.262 e. The molecule has 1 saturated heterocycles. The summed E-state index contributed by atoms with van der Waals surface area (Å²) in [6.45, 7) is 6.87. The molecule has 1 amide bonds. The maximum atomic E-state index is 12.9. The van der Waals surface area contributed by atoms with E-state index in [-0.39, 0.29) is 23.6 Å². The van der Waals surface area contributed by atoms with Crippen molar-refractivity contribution in [3.05, 3.63) is 34.6 Å². The maximum Gasteiger partial charge on any atom is 0.262 e. The number of hydrogen-bond donors (Lipinski definition) is 0. The monoisotopic (exact) mass is 413 g/mol. The molecule has 0 bridgehead atoms. The molecule has 4 rings (SSSR count). The Kier molecular flexibility index (Phi) is 5.63. The summed E-state index contributed by atoms with van der Waals surface area (Å²) in [7, 11) is 0. The first-order chi connectivity index (χ1) is 14.0. The number of likely N-dealkylation sites (tertiary alicyclic amines) is 1. The Morgan fingerprint density at radius 2 is 1.90 bits per heavy atom. The number of carbonyl (C=O) groups is 1. The lowest BCUT2D eigenvalue weighted by Crippen LogP contribution is -2.48. The normalized spacial score (nSPS) is 19.9. The van der Waals surface area contributed by atoms with Crippen molar-refractivity contribution < 1.29 is 4.79 Å². The minimum Gasteiger partial charge on any atom is -0.337 e. The molecular weight excluding hydrogens is 386 g/mol. The minimum absolute atomic E-state index is 0.0501. The minimum atomic E-state index is -0.0501. The van der Waals surface area contributed by atoms with E-state index >= 15 is 0 Å². The third-order valence-electron chi connectivity index (χ3n) is 5.73. The number of amides is 1. The Bertz CT molecular complexity index is 1100. The van der Waals surface area contributed by atoms with E-state index in [9.17, 15) is 9.59 Å². The van der Waals surface area contributed by atoms with E-state index in [1.165, 1.54) is 18.2 Å². The average molecular weight is 414 g/mol. The standard InChI is InChI=1S/C21H27N5O2S/c1-4-12-24-19(28)16-10-5-6-11-17(16)26-20(24)22-23-21(26)29-13-18(27)25-14(2)8-7-9-15(25)3/h5-6,10-11,14-15H,4,7-9,12-13H2,1-3H3/t14-,15+. The first-order valence-corrected chi connectivity index (χ1v) is 11.3. The van der Waals surface area contributed by atoms with Crippen LogP contribution < -0.4 is 5.56 Å². The fraction of sp³-hybridized carbons (Fsp3) is 0.524. The molecule has 1 aromatic carbocycles. The molecule has 0 spiro atoms. The lowest BCUT2D eigenvalue weighted by molar-refractivity contribution is -0.134. The van der Waals surface area contributed by atoms with Crippen molar-refractivity contribution in [3.8, 4) is 0 Å². The van der Waals surface area contributed by atoms with Gasteiger partial charge in [-0.2, -0.15) is 0 Å². The third kappa shape index (κ3) is 3.54. The van der Waals surface area contributed by atoms with E-state index in [1.54, 1.807) is 4.57 Å². The van der Waals surface area contributed by atoms with Gasteiger partial charge < -0.3 is 4.90 Å². The summed E-state index contributed by atoms with van der Waals surface area (Å²) in [4.78, 5) is 27.8. The number of benzene rings is 1. The van der Waals surface area contributed by atoms with Crippen molar-refractivity contribution in [2.24, 2.45) is 0 Å². The van der Waals surface area contributed by atoms with E-state index in [4.69, 9.17) is 0 Å². The zero-order valence-corrected chi connectivity index (χ0v) is 18.0. The zero-order valence-electron chi connectivity index (χ0n) is 17.2. The van der Waals surface area contributed by atoms with Gasteiger partial charge in [-0.05, 0) is 51.7 Å². The number of nitrogens with zero attached hydrogens (tertiary/aromatic N) is 5. The summed E-state index contributed by atoms with van der Waals surface area (Å²) in [6.07, 6.45) is 4.12. The van der Waals surface area contributed by atoms with Crippen LogP contribution in [-0.4, -0.2) is 47.8 Å². The van der Waals surface area contributed by atoms with Crippen LogP contribution in [0.15, 0.2) is 34.2 Å². The molecule has 2 atom stereocenters. The molecule has 1 fully saturated rings. The van der Waals surface area contributed by atoms with E-state index < -0.39 is 0 Å². The van der Waals surface area contributed by atoms with E-state index in [2.05, 4.69) is 24.0 Å². The fourth-order valence-electron chi connectivity index (χ4n) is 4.37. The van der Waals surface area contributed by atoms with Gasteiger partial charge in [0.25, 0.3) is 5.56 Å². The number of aryl methyl sites for hydroxylation is 1. The molecule has 1 aliphatic rings. The molecule has 2 aromatic heterocycles.